The van der Waals surface area contributed by atoms with Crippen LogP contribution in [0.15, 0.2) is 12.1 Å². The van der Waals surface area contributed by atoms with Crippen molar-refractivity contribution >= 4 is 44.7 Å². The molecule has 3 N–H and O–H groups in total. The molecule has 2 rings (SSSR count). The van der Waals surface area contributed by atoms with E-state index in [1.54, 1.807) is 6.07 Å². The second kappa shape index (κ2) is 6.86. The molecule has 0 radical (unpaired) electrons. The Bertz CT molecular complexity index is 989. The average Bonchev–Trinajstić information content (AvgIpc) is 2.82. The first-order valence-electron chi connectivity index (χ1n) is 6.77. The lowest BCUT2D eigenvalue weighted by Crippen LogP contribution is -2.16. The van der Waals surface area contributed by atoms with Crippen molar-refractivity contribution in [3.8, 4) is 11.8 Å². The highest BCUT2D eigenvalue weighted by Crippen LogP contribution is 2.39. The SMILES string of the molecule is CCS(=O)(=O)Nc1c(C#N)nn(-c2c(Cl)cc(C(F)(F)F)cc2Cl)c1N. The van der Waals surface area contributed by atoms with Crippen LogP contribution in [-0.2, 0) is 16.2 Å². The number of aromatic nitrogens is 2. The molecule has 1 aromatic heterocycles. The zero-order chi connectivity index (χ0) is 19.9. The van der Waals surface area contributed by atoms with Crippen LogP contribution in [0.4, 0.5) is 24.7 Å². The molecular formula is C13H10Cl2F3N5O2S. The number of nitrogens with one attached hydrogen (secondary N) is 1. The van der Waals surface area contributed by atoms with Gasteiger partial charge in [-0.3, -0.25) is 4.72 Å². The Morgan fingerprint density at radius 3 is 2.31 bits per heavy atom. The second-order valence-corrected chi connectivity index (χ2v) is 7.75. The van der Waals surface area contributed by atoms with Gasteiger partial charge in [0.15, 0.2) is 11.5 Å². The highest BCUT2D eigenvalue weighted by molar-refractivity contribution is 7.92. The Morgan fingerprint density at radius 1 is 1.35 bits per heavy atom. The van der Waals surface area contributed by atoms with Crippen molar-refractivity contribution in [3.05, 3.63) is 33.4 Å². The molecule has 7 nitrogen and oxygen atoms in total. The summed E-state index contributed by atoms with van der Waals surface area (Å²) in [7, 11) is -3.79. The third kappa shape index (κ3) is 3.82. The number of hydrogen-bond acceptors (Lipinski definition) is 5. The number of anilines is 2. The average molecular weight is 428 g/mol. The summed E-state index contributed by atoms with van der Waals surface area (Å²) in [5, 5.41) is 12.0. The van der Waals surface area contributed by atoms with E-state index in [9.17, 15) is 21.6 Å². The van der Waals surface area contributed by atoms with Crippen molar-refractivity contribution in [2.75, 3.05) is 16.2 Å². The molecule has 140 valence electrons. The van der Waals surface area contributed by atoms with E-state index in [2.05, 4.69) is 9.82 Å². The van der Waals surface area contributed by atoms with E-state index < -0.39 is 37.5 Å². The Labute approximate surface area is 156 Å². The topological polar surface area (TPSA) is 114 Å². The van der Waals surface area contributed by atoms with E-state index in [1.165, 1.54) is 6.92 Å². The summed E-state index contributed by atoms with van der Waals surface area (Å²) in [6.45, 7) is 1.36. The number of hydrogen-bond donors (Lipinski definition) is 2. The van der Waals surface area contributed by atoms with E-state index in [0.717, 1.165) is 4.68 Å². The van der Waals surface area contributed by atoms with Crippen LogP contribution < -0.4 is 10.5 Å². The van der Waals surface area contributed by atoms with Crippen LogP contribution >= 0.6 is 23.2 Å². The number of nitrogens with zero attached hydrogens (tertiary/aromatic N) is 3. The first kappa shape index (κ1) is 20.2. The van der Waals surface area contributed by atoms with Crippen LogP contribution in [0, 0.1) is 11.3 Å². The maximum Gasteiger partial charge on any atom is 0.416 e. The Morgan fingerprint density at radius 2 is 1.88 bits per heavy atom. The van der Waals surface area contributed by atoms with Gasteiger partial charge in [-0.15, -0.1) is 0 Å². The van der Waals surface area contributed by atoms with Gasteiger partial charge in [-0.25, -0.2) is 13.1 Å². The maximum atomic E-state index is 12.8. The lowest BCUT2D eigenvalue weighted by Gasteiger charge is -2.13. The second-order valence-electron chi connectivity index (χ2n) is 4.92. The monoisotopic (exact) mass is 427 g/mol. The molecule has 0 saturated heterocycles. The van der Waals surface area contributed by atoms with Crippen molar-refractivity contribution in [2.24, 2.45) is 0 Å². The number of alkyl halides is 3. The first-order chi connectivity index (χ1) is 11.9. The molecule has 1 aromatic carbocycles. The van der Waals surface area contributed by atoms with Crippen LogP contribution in [0.1, 0.15) is 18.2 Å². The molecule has 13 heteroatoms. The molecule has 0 amide bonds. The minimum absolute atomic E-state index is 0.225. The van der Waals surface area contributed by atoms with Crippen molar-refractivity contribution in [1.29, 1.82) is 5.26 Å². The van der Waals surface area contributed by atoms with Gasteiger partial charge in [0.25, 0.3) is 0 Å². The third-order valence-corrected chi connectivity index (χ3v) is 5.07. The first-order valence-corrected chi connectivity index (χ1v) is 9.17. The zero-order valence-corrected chi connectivity index (χ0v) is 15.2. The maximum absolute atomic E-state index is 12.8. The molecule has 0 aliphatic rings. The van der Waals surface area contributed by atoms with Gasteiger partial charge < -0.3 is 5.73 Å². The molecular weight excluding hydrogens is 418 g/mol. The number of nitrogens with two attached hydrogens (primary N) is 1. The normalized spacial score (nSPS) is 12.0. The molecule has 0 saturated carbocycles. The predicted molar refractivity (Wildman–Crippen MR) is 90.8 cm³/mol. The summed E-state index contributed by atoms with van der Waals surface area (Å²) >= 11 is 11.8. The van der Waals surface area contributed by atoms with Crippen LogP contribution in [0.3, 0.4) is 0 Å². The number of sulfonamides is 1. The number of halogens is 5. The highest BCUT2D eigenvalue weighted by atomic mass is 35.5. The van der Waals surface area contributed by atoms with E-state index in [-0.39, 0.29) is 22.9 Å². The van der Waals surface area contributed by atoms with E-state index in [1.807, 2.05) is 0 Å². The van der Waals surface area contributed by atoms with Gasteiger partial charge in [-0.1, -0.05) is 23.2 Å². The van der Waals surface area contributed by atoms with Crippen LogP contribution in [0.2, 0.25) is 10.0 Å². The molecule has 1 heterocycles. The fourth-order valence-corrected chi connectivity index (χ4v) is 3.24. The van der Waals surface area contributed by atoms with Crippen LogP contribution in [0.25, 0.3) is 5.69 Å². The van der Waals surface area contributed by atoms with Gasteiger partial charge in [0.1, 0.15) is 17.4 Å². The number of nitrogen functional groups attached to an aromatic ring is 1. The Kier molecular flexibility index (Phi) is 5.32. The third-order valence-electron chi connectivity index (χ3n) is 3.22. The summed E-state index contributed by atoms with van der Waals surface area (Å²) in [6, 6.07) is 2.88. The van der Waals surface area contributed by atoms with Gasteiger partial charge in [-0.2, -0.15) is 23.5 Å². The molecule has 0 bridgehead atoms. The molecule has 0 spiro atoms. The summed E-state index contributed by atoms with van der Waals surface area (Å²) in [4.78, 5) is 0. The van der Waals surface area contributed by atoms with Gasteiger partial charge in [0.05, 0.1) is 21.4 Å². The number of benzene rings is 1. The highest BCUT2D eigenvalue weighted by Gasteiger charge is 2.33. The van der Waals surface area contributed by atoms with Gasteiger partial charge in [-0.05, 0) is 19.1 Å². The van der Waals surface area contributed by atoms with Crippen LogP contribution in [-0.4, -0.2) is 24.0 Å². The van der Waals surface area contributed by atoms with Gasteiger partial charge in [0, 0.05) is 0 Å². The number of rotatable bonds is 4. The van der Waals surface area contributed by atoms with E-state index in [4.69, 9.17) is 34.2 Å². The molecule has 2 aromatic rings. The quantitative estimate of drug-likeness (QED) is 0.775. The molecule has 26 heavy (non-hydrogen) atoms. The summed E-state index contributed by atoms with van der Waals surface area (Å²) in [5.74, 6) is -0.660. The molecule has 0 unspecified atom stereocenters. The zero-order valence-electron chi connectivity index (χ0n) is 12.9. The summed E-state index contributed by atoms with van der Waals surface area (Å²) < 4.78 is 64.8. The Hall–Kier alpha value is -2.16. The van der Waals surface area contributed by atoms with E-state index in [0.29, 0.717) is 12.1 Å². The largest absolute Gasteiger partial charge is 0.416 e. The smallest absolute Gasteiger partial charge is 0.382 e. The summed E-state index contributed by atoms with van der Waals surface area (Å²) in [5.41, 5.74) is 3.79. The summed E-state index contributed by atoms with van der Waals surface area (Å²) in [6.07, 6.45) is -4.68. The van der Waals surface area contributed by atoms with Crippen molar-refractivity contribution in [1.82, 2.24) is 9.78 Å². The van der Waals surface area contributed by atoms with Crippen molar-refractivity contribution in [2.45, 2.75) is 13.1 Å². The molecule has 0 fully saturated rings. The van der Waals surface area contributed by atoms with Gasteiger partial charge in [0.2, 0.25) is 10.0 Å². The molecule has 0 atom stereocenters. The van der Waals surface area contributed by atoms with Crippen LogP contribution in [0.5, 0.6) is 0 Å². The lowest BCUT2D eigenvalue weighted by atomic mass is 10.2. The fourth-order valence-electron chi connectivity index (χ4n) is 1.94. The minimum Gasteiger partial charge on any atom is -0.382 e. The predicted octanol–water partition coefficient (Wildman–Crippen LogP) is 3.41. The Balaban J connectivity index is 2.68. The van der Waals surface area contributed by atoms with Crippen molar-refractivity contribution in [3.63, 3.8) is 0 Å². The van der Waals surface area contributed by atoms with Crippen molar-refractivity contribution < 1.29 is 21.6 Å². The molecule has 0 aliphatic carbocycles. The van der Waals surface area contributed by atoms with E-state index >= 15 is 0 Å². The lowest BCUT2D eigenvalue weighted by molar-refractivity contribution is -0.137. The standard InChI is InChI=1S/C13H10Cl2F3N5O2S/c1-2-26(24,25)22-10-9(5-19)21-23(12(10)20)11-7(14)3-6(4-8(11)15)13(16,17)18/h3-4,22H,2,20H2,1H3. The fraction of sp³-hybridized carbons (Fsp3) is 0.231. The minimum atomic E-state index is -4.68. The van der Waals surface area contributed by atoms with Gasteiger partial charge >= 0.3 is 6.18 Å². The number of nitriles is 1. The molecule has 0 aliphatic heterocycles.